The SMILES string of the molecule is Cc1c(Cl)nc(C2CC2)nc1N1CCCC(C(C)C)CC1. The largest absolute Gasteiger partial charge is 0.356 e. The van der Waals surface area contributed by atoms with Gasteiger partial charge in [0.05, 0.1) is 0 Å². The van der Waals surface area contributed by atoms with Crippen LogP contribution in [0.1, 0.15) is 63.3 Å². The Morgan fingerprint density at radius 2 is 1.86 bits per heavy atom. The molecule has 3 nitrogen and oxygen atoms in total. The third-order valence-corrected chi connectivity index (χ3v) is 5.40. The van der Waals surface area contributed by atoms with E-state index in [1.165, 1.54) is 32.1 Å². The summed E-state index contributed by atoms with van der Waals surface area (Å²) in [7, 11) is 0. The van der Waals surface area contributed by atoms with E-state index in [0.717, 1.165) is 42.1 Å². The molecular weight excluding hydrogens is 282 g/mol. The van der Waals surface area contributed by atoms with Crippen molar-refractivity contribution in [2.45, 2.75) is 58.8 Å². The molecule has 2 aliphatic rings. The van der Waals surface area contributed by atoms with Gasteiger partial charge in [-0.1, -0.05) is 25.4 Å². The first-order chi connectivity index (χ1) is 10.1. The van der Waals surface area contributed by atoms with Crippen molar-refractivity contribution in [3.05, 3.63) is 16.5 Å². The minimum Gasteiger partial charge on any atom is -0.356 e. The number of halogens is 1. The first-order valence-corrected chi connectivity index (χ1v) is 8.73. The number of hydrogen-bond donors (Lipinski definition) is 0. The van der Waals surface area contributed by atoms with Crippen LogP contribution in [0.3, 0.4) is 0 Å². The van der Waals surface area contributed by atoms with E-state index >= 15 is 0 Å². The van der Waals surface area contributed by atoms with Gasteiger partial charge >= 0.3 is 0 Å². The molecule has 1 saturated carbocycles. The first kappa shape index (κ1) is 15.1. The zero-order chi connectivity index (χ0) is 15.0. The second kappa shape index (κ2) is 6.12. The maximum absolute atomic E-state index is 6.35. The number of aromatic nitrogens is 2. The highest BCUT2D eigenvalue weighted by molar-refractivity contribution is 6.30. The summed E-state index contributed by atoms with van der Waals surface area (Å²) in [5, 5.41) is 0.645. The van der Waals surface area contributed by atoms with E-state index < -0.39 is 0 Å². The zero-order valence-corrected chi connectivity index (χ0v) is 14.2. The van der Waals surface area contributed by atoms with Gasteiger partial charge in [0.25, 0.3) is 0 Å². The maximum Gasteiger partial charge on any atom is 0.137 e. The summed E-state index contributed by atoms with van der Waals surface area (Å²) in [6.45, 7) is 8.94. The highest BCUT2D eigenvalue weighted by atomic mass is 35.5. The number of rotatable bonds is 3. The predicted molar refractivity (Wildman–Crippen MR) is 88.1 cm³/mol. The molecule has 1 atom stereocenters. The van der Waals surface area contributed by atoms with E-state index in [-0.39, 0.29) is 0 Å². The number of hydrogen-bond acceptors (Lipinski definition) is 3. The van der Waals surface area contributed by atoms with Gasteiger partial charge in [0.2, 0.25) is 0 Å². The van der Waals surface area contributed by atoms with Gasteiger partial charge in [-0.15, -0.1) is 0 Å². The third-order valence-electron chi connectivity index (χ3n) is 5.04. The van der Waals surface area contributed by atoms with Crippen molar-refractivity contribution in [2.75, 3.05) is 18.0 Å². The molecule has 1 aromatic heterocycles. The van der Waals surface area contributed by atoms with Gasteiger partial charge in [0, 0.05) is 24.6 Å². The summed E-state index contributed by atoms with van der Waals surface area (Å²) in [4.78, 5) is 11.8. The molecule has 2 heterocycles. The Hall–Kier alpha value is -0.830. The van der Waals surface area contributed by atoms with Crippen LogP contribution in [0.4, 0.5) is 5.82 Å². The van der Waals surface area contributed by atoms with Crippen LogP contribution in [0.2, 0.25) is 5.15 Å². The Bertz CT molecular complexity index is 511. The van der Waals surface area contributed by atoms with Gasteiger partial charge < -0.3 is 4.90 Å². The van der Waals surface area contributed by atoms with E-state index in [1.807, 2.05) is 0 Å². The third kappa shape index (κ3) is 3.33. The molecule has 1 unspecified atom stereocenters. The smallest absolute Gasteiger partial charge is 0.137 e. The Morgan fingerprint density at radius 1 is 1.10 bits per heavy atom. The first-order valence-electron chi connectivity index (χ1n) is 8.35. The fourth-order valence-corrected chi connectivity index (χ4v) is 3.50. The Labute approximate surface area is 133 Å². The molecule has 4 heteroatoms. The molecule has 1 aromatic rings. The minimum absolute atomic E-state index is 0.553. The molecule has 1 saturated heterocycles. The summed E-state index contributed by atoms with van der Waals surface area (Å²) >= 11 is 6.35. The quantitative estimate of drug-likeness (QED) is 0.765. The van der Waals surface area contributed by atoms with E-state index in [4.69, 9.17) is 16.6 Å². The molecule has 0 amide bonds. The van der Waals surface area contributed by atoms with Gasteiger partial charge in [0.15, 0.2) is 0 Å². The van der Waals surface area contributed by atoms with Gasteiger partial charge in [-0.25, -0.2) is 9.97 Å². The summed E-state index contributed by atoms with van der Waals surface area (Å²) in [5.41, 5.74) is 1.05. The lowest BCUT2D eigenvalue weighted by atomic mass is 9.89. The fourth-order valence-electron chi connectivity index (χ4n) is 3.33. The van der Waals surface area contributed by atoms with Crippen LogP contribution >= 0.6 is 11.6 Å². The molecular formula is C17H26ClN3. The molecule has 21 heavy (non-hydrogen) atoms. The van der Waals surface area contributed by atoms with Gasteiger partial charge in [-0.2, -0.15) is 0 Å². The molecule has 0 N–H and O–H groups in total. The highest BCUT2D eigenvalue weighted by Crippen LogP contribution is 2.40. The fraction of sp³-hybridized carbons (Fsp3) is 0.765. The monoisotopic (exact) mass is 307 g/mol. The second-order valence-corrected chi connectivity index (χ2v) is 7.38. The molecule has 0 aromatic carbocycles. The number of anilines is 1. The van der Waals surface area contributed by atoms with E-state index in [0.29, 0.717) is 11.1 Å². The summed E-state index contributed by atoms with van der Waals surface area (Å²) in [6, 6.07) is 0. The van der Waals surface area contributed by atoms with Crippen LogP contribution in [0.15, 0.2) is 0 Å². The van der Waals surface area contributed by atoms with Gasteiger partial charge in [0.1, 0.15) is 16.8 Å². The molecule has 0 bridgehead atoms. The number of nitrogens with zero attached hydrogens (tertiary/aromatic N) is 3. The van der Waals surface area contributed by atoms with Crippen molar-refractivity contribution in [2.24, 2.45) is 11.8 Å². The lowest BCUT2D eigenvalue weighted by molar-refractivity contribution is 0.351. The molecule has 0 radical (unpaired) electrons. The van der Waals surface area contributed by atoms with Crippen molar-refractivity contribution >= 4 is 17.4 Å². The molecule has 1 aliphatic heterocycles. The van der Waals surface area contributed by atoms with Gasteiger partial charge in [-0.3, -0.25) is 0 Å². The molecule has 2 fully saturated rings. The van der Waals surface area contributed by atoms with Crippen molar-refractivity contribution in [3.63, 3.8) is 0 Å². The van der Waals surface area contributed by atoms with Crippen LogP contribution < -0.4 is 4.90 Å². The molecule has 1 aliphatic carbocycles. The Balaban J connectivity index is 1.82. The normalized spacial score (nSPS) is 23.5. The van der Waals surface area contributed by atoms with Crippen LogP contribution in [0, 0.1) is 18.8 Å². The van der Waals surface area contributed by atoms with Crippen LogP contribution in [-0.2, 0) is 0 Å². The summed E-state index contributed by atoms with van der Waals surface area (Å²) in [5.74, 6) is 4.22. The van der Waals surface area contributed by atoms with E-state index in [9.17, 15) is 0 Å². The molecule has 0 spiro atoms. The Kier molecular flexibility index (Phi) is 4.39. The van der Waals surface area contributed by atoms with E-state index in [1.54, 1.807) is 0 Å². The van der Waals surface area contributed by atoms with Crippen LogP contribution in [0.5, 0.6) is 0 Å². The zero-order valence-electron chi connectivity index (χ0n) is 13.4. The summed E-state index contributed by atoms with van der Waals surface area (Å²) in [6.07, 6.45) is 6.28. The van der Waals surface area contributed by atoms with E-state index in [2.05, 4.69) is 30.7 Å². The van der Waals surface area contributed by atoms with Crippen molar-refractivity contribution < 1.29 is 0 Å². The standard InChI is InChI=1S/C17H26ClN3/c1-11(2)13-5-4-9-21(10-8-13)17-12(3)15(18)19-16(20-17)14-6-7-14/h11,13-14H,4-10H2,1-3H3. The average molecular weight is 308 g/mol. The van der Waals surface area contributed by atoms with Crippen molar-refractivity contribution in [1.82, 2.24) is 9.97 Å². The van der Waals surface area contributed by atoms with Crippen LogP contribution in [-0.4, -0.2) is 23.1 Å². The predicted octanol–water partition coefficient (Wildman–Crippen LogP) is 4.58. The van der Waals surface area contributed by atoms with Gasteiger partial charge in [-0.05, 0) is 50.9 Å². The van der Waals surface area contributed by atoms with Crippen molar-refractivity contribution in [3.8, 4) is 0 Å². The van der Waals surface area contributed by atoms with Crippen molar-refractivity contribution in [1.29, 1.82) is 0 Å². The second-order valence-electron chi connectivity index (χ2n) is 7.02. The lowest BCUT2D eigenvalue weighted by Gasteiger charge is -2.24. The maximum atomic E-state index is 6.35. The Morgan fingerprint density at radius 3 is 2.52 bits per heavy atom. The summed E-state index contributed by atoms with van der Waals surface area (Å²) < 4.78 is 0. The minimum atomic E-state index is 0.553. The average Bonchev–Trinajstić information content (AvgIpc) is 3.27. The lowest BCUT2D eigenvalue weighted by Crippen LogP contribution is -2.27. The molecule has 3 rings (SSSR count). The topological polar surface area (TPSA) is 29.0 Å². The molecule has 116 valence electrons. The van der Waals surface area contributed by atoms with Crippen LogP contribution in [0.25, 0.3) is 0 Å². The highest BCUT2D eigenvalue weighted by Gasteiger charge is 2.29.